The van der Waals surface area contributed by atoms with Crippen molar-refractivity contribution >= 4 is 16.0 Å². The summed E-state index contributed by atoms with van der Waals surface area (Å²) in [6.07, 6.45) is 5.83. The lowest BCUT2D eigenvalue weighted by molar-refractivity contribution is -0.141. The van der Waals surface area contributed by atoms with E-state index in [1.807, 2.05) is 0 Å². The van der Waals surface area contributed by atoms with E-state index in [4.69, 9.17) is 0 Å². The molecule has 2 unspecified atom stereocenters. The van der Waals surface area contributed by atoms with Crippen LogP contribution in [0, 0.1) is 11.8 Å². The maximum absolute atomic E-state index is 12.8. The molecule has 3 rings (SSSR count). The highest BCUT2D eigenvalue weighted by Gasteiger charge is 2.49. The van der Waals surface area contributed by atoms with E-state index in [1.54, 1.807) is 4.31 Å². The van der Waals surface area contributed by atoms with Gasteiger partial charge in [0.15, 0.2) is 0 Å². The van der Waals surface area contributed by atoms with Crippen molar-refractivity contribution in [2.75, 3.05) is 6.54 Å². The number of carboxylic acids is 1. The summed E-state index contributed by atoms with van der Waals surface area (Å²) in [5, 5.41) is 8.50. The van der Waals surface area contributed by atoms with Gasteiger partial charge >= 0.3 is 5.97 Å². The van der Waals surface area contributed by atoms with Crippen LogP contribution in [-0.2, 0) is 14.8 Å². The molecule has 0 heterocycles. The van der Waals surface area contributed by atoms with E-state index in [1.165, 1.54) is 0 Å². The van der Waals surface area contributed by atoms with Crippen LogP contribution in [0.4, 0.5) is 0 Å². The fraction of sp³-hybridized carbons (Fsp3) is 0.923. The minimum absolute atomic E-state index is 0.153. The van der Waals surface area contributed by atoms with Crippen LogP contribution >= 0.6 is 0 Å². The molecular formula is C13H21NO4S. The van der Waals surface area contributed by atoms with E-state index in [0.29, 0.717) is 31.7 Å². The zero-order chi connectivity index (χ0) is 13.6. The summed E-state index contributed by atoms with van der Waals surface area (Å²) in [4.78, 5) is 11.2. The Kier molecular flexibility index (Phi) is 3.33. The molecule has 19 heavy (non-hydrogen) atoms. The van der Waals surface area contributed by atoms with Gasteiger partial charge in [0.05, 0.1) is 11.2 Å². The predicted molar refractivity (Wildman–Crippen MR) is 70.1 cm³/mol. The largest absolute Gasteiger partial charge is 0.481 e. The average Bonchev–Trinajstić information content (AvgIpc) is 3.24. The summed E-state index contributed by atoms with van der Waals surface area (Å²) in [5.41, 5.74) is 0. The number of rotatable bonds is 6. The highest BCUT2D eigenvalue weighted by atomic mass is 32.2. The molecule has 3 fully saturated rings. The molecule has 3 saturated carbocycles. The van der Waals surface area contributed by atoms with Gasteiger partial charge < -0.3 is 5.11 Å². The maximum Gasteiger partial charge on any atom is 0.307 e. The van der Waals surface area contributed by atoms with Gasteiger partial charge in [-0.25, -0.2) is 8.42 Å². The van der Waals surface area contributed by atoms with Crippen LogP contribution in [0.25, 0.3) is 0 Å². The number of carbonyl (C=O) groups is 1. The van der Waals surface area contributed by atoms with Gasteiger partial charge in [-0.2, -0.15) is 4.31 Å². The summed E-state index contributed by atoms with van der Waals surface area (Å²) in [6, 6.07) is 0.153. The molecule has 5 nitrogen and oxygen atoms in total. The summed E-state index contributed by atoms with van der Waals surface area (Å²) >= 11 is 0. The summed E-state index contributed by atoms with van der Waals surface area (Å²) < 4.78 is 27.2. The normalized spacial score (nSPS) is 31.8. The molecule has 0 bridgehead atoms. The van der Waals surface area contributed by atoms with Crippen LogP contribution < -0.4 is 0 Å². The Balaban J connectivity index is 1.80. The molecule has 2 atom stereocenters. The predicted octanol–water partition coefficient (Wildman–Crippen LogP) is 1.44. The van der Waals surface area contributed by atoms with Gasteiger partial charge in [0.25, 0.3) is 0 Å². The van der Waals surface area contributed by atoms with Gasteiger partial charge in [-0.15, -0.1) is 0 Å². The van der Waals surface area contributed by atoms with Gasteiger partial charge in [-0.3, -0.25) is 4.79 Å². The first-order valence-corrected chi connectivity index (χ1v) is 8.74. The molecule has 0 amide bonds. The molecule has 1 N–H and O–H groups in total. The molecule has 108 valence electrons. The first kappa shape index (κ1) is 13.4. The second-order valence-electron chi connectivity index (χ2n) is 6.20. The molecule has 0 aromatic rings. The van der Waals surface area contributed by atoms with Crippen LogP contribution in [0.15, 0.2) is 0 Å². The molecule has 0 aromatic carbocycles. The molecule has 6 heteroatoms. The Hall–Kier alpha value is -0.620. The van der Waals surface area contributed by atoms with E-state index < -0.39 is 27.2 Å². The first-order valence-electron chi connectivity index (χ1n) is 7.23. The van der Waals surface area contributed by atoms with Crippen molar-refractivity contribution in [2.45, 2.75) is 56.2 Å². The number of carboxylic acid groups (broad SMARTS) is 1. The molecule has 0 aliphatic heterocycles. The van der Waals surface area contributed by atoms with Gasteiger partial charge in [-0.1, -0.05) is 6.42 Å². The minimum atomic E-state index is -3.43. The van der Waals surface area contributed by atoms with Crippen LogP contribution in [0.3, 0.4) is 0 Å². The Morgan fingerprint density at radius 1 is 1.11 bits per heavy atom. The molecule has 0 radical (unpaired) electrons. The number of aliphatic carboxylic acids is 1. The van der Waals surface area contributed by atoms with E-state index >= 15 is 0 Å². The van der Waals surface area contributed by atoms with E-state index in [2.05, 4.69) is 0 Å². The number of hydrogen-bond donors (Lipinski definition) is 1. The van der Waals surface area contributed by atoms with Gasteiger partial charge in [0.1, 0.15) is 0 Å². The number of hydrogen-bond acceptors (Lipinski definition) is 3. The fourth-order valence-electron chi connectivity index (χ4n) is 3.12. The zero-order valence-corrected chi connectivity index (χ0v) is 11.8. The van der Waals surface area contributed by atoms with Gasteiger partial charge in [0, 0.05) is 12.6 Å². The van der Waals surface area contributed by atoms with Gasteiger partial charge in [0.2, 0.25) is 10.0 Å². The summed E-state index contributed by atoms with van der Waals surface area (Å²) in [7, 11) is -3.43. The lowest BCUT2D eigenvalue weighted by Crippen LogP contribution is -2.44. The van der Waals surface area contributed by atoms with Crippen molar-refractivity contribution in [3.05, 3.63) is 0 Å². The van der Waals surface area contributed by atoms with Crippen molar-refractivity contribution < 1.29 is 18.3 Å². The third-order valence-corrected chi connectivity index (χ3v) is 7.00. The van der Waals surface area contributed by atoms with Crippen molar-refractivity contribution in [3.8, 4) is 0 Å². The fourth-order valence-corrected chi connectivity index (χ4v) is 5.64. The summed E-state index contributed by atoms with van der Waals surface area (Å²) in [5.74, 6) is -1.14. The van der Waals surface area contributed by atoms with Crippen molar-refractivity contribution in [3.63, 3.8) is 0 Å². The number of nitrogens with zero attached hydrogens (tertiary/aromatic N) is 1. The second kappa shape index (κ2) is 4.74. The van der Waals surface area contributed by atoms with Crippen LogP contribution in [0.2, 0.25) is 0 Å². The Morgan fingerprint density at radius 2 is 1.79 bits per heavy atom. The minimum Gasteiger partial charge on any atom is -0.481 e. The van der Waals surface area contributed by atoms with Crippen LogP contribution in [0.5, 0.6) is 0 Å². The summed E-state index contributed by atoms with van der Waals surface area (Å²) in [6.45, 7) is 0.621. The molecule has 0 aromatic heterocycles. The Bertz CT molecular complexity index is 467. The van der Waals surface area contributed by atoms with Gasteiger partial charge in [-0.05, 0) is 44.4 Å². The van der Waals surface area contributed by atoms with Crippen molar-refractivity contribution in [1.29, 1.82) is 0 Å². The molecule has 3 aliphatic rings. The lowest BCUT2D eigenvalue weighted by Gasteiger charge is -2.27. The molecule has 0 saturated heterocycles. The molecular weight excluding hydrogens is 266 g/mol. The topological polar surface area (TPSA) is 74.7 Å². The smallest absolute Gasteiger partial charge is 0.307 e. The standard InChI is InChI=1S/C13H21NO4S/c15-13(16)11-2-1-3-12(11)19(17,18)14(10-6-7-10)8-9-4-5-9/h9-12H,1-8H2,(H,15,16). The SMILES string of the molecule is O=C(O)C1CCCC1S(=O)(=O)N(CC1CC1)C1CC1. The average molecular weight is 287 g/mol. The highest BCUT2D eigenvalue weighted by Crippen LogP contribution is 2.41. The van der Waals surface area contributed by atoms with Crippen LogP contribution in [-0.4, -0.2) is 41.6 Å². The first-order chi connectivity index (χ1) is 9.00. The van der Waals surface area contributed by atoms with E-state index in [0.717, 1.165) is 25.7 Å². The lowest BCUT2D eigenvalue weighted by atomic mass is 10.1. The van der Waals surface area contributed by atoms with E-state index in [9.17, 15) is 18.3 Å². The number of sulfonamides is 1. The third-order valence-electron chi connectivity index (χ3n) is 4.57. The van der Waals surface area contributed by atoms with Crippen LogP contribution in [0.1, 0.15) is 44.9 Å². The Labute approximate surface area is 114 Å². The molecule has 3 aliphatic carbocycles. The highest BCUT2D eigenvalue weighted by molar-refractivity contribution is 7.89. The molecule has 0 spiro atoms. The quantitative estimate of drug-likeness (QED) is 0.802. The Morgan fingerprint density at radius 3 is 2.32 bits per heavy atom. The maximum atomic E-state index is 12.8. The zero-order valence-electron chi connectivity index (χ0n) is 11.0. The van der Waals surface area contributed by atoms with E-state index in [-0.39, 0.29) is 6.04 Å². The van der Waals surface area contributed by atoms with Crippen molar-refractivity contribution in [2.24, 2.45) is 11.8 Å². The third kappa shape index (κ3) is 2.65. The monoisotopic (exact) mass is 287 g/mol. The second-order valence-corrected chi connectivity index (χ2v) is 8.31. The van der Waals surface area contributed by atoms with Crippen molar-refractivity contribution in [1.82, 2.24) is 4.31 Å².